The summed E-state index contributed by atoms with van der Waals surface area (Å²) < 4.78 is 4.43. The van der Waals surface area contributed by atoms with Crippen LogP contribution in [0.2, 0.25) is 0 Å². The quantitative estimate of drug-likeness (QED) is 0.354. The fourth-order valence-corrected chi connectivity index (χ4v) is 0.613. The largest absolute Gasteiger partial charge is 0.468 e. The third-order valence-electron chi connectivity index (χ3n) is 1.42. The van der Waals surface area contributed by atoms with Crippen LogP contribution in [0.15, 0.2) is 5.10 Å². The Labute approximate surface area is 77.4 Å². The van der Waals surface area contributed by atoms with E-state index in [0.29, 0.717) is 5.71 Å². The van der Waals surface area contributed by atoms with E-state index in [2.05, 4.69) is 9.84 Å². The Balaban J connectivity index is 4.13. The highest BCUT2D eigenvalue weighted by atomic mass is 16.5. The molecule has 0 unspecified atom stereocenters. The molecule has 5 nitrogen and oxygen atoms in total. The molecule has 0 saturated heterocycles. The molecule has 0 aliphatic carbocycles. The number of hydrogen-bond acceptors (Lipinski definition) is 5. The summed E-state index contributed by atoms with van der Waals surface area (Å²) in [4.78, 5) is 21.5. The fraction of sp³-hybridized carbons (Fsp3) is 0.625. The van der Waals surface area contributed by atoms with E-state index >= 15 is 0 Å². The van der Waals surface area contributed by atoms with Gasteiger partial charge in [0.05, 0.1) is 12.8 Å². The molecule has 0 aromatic rings. The number of esters is 1. The van der Waals surface area contributed by atoms with Crippen LogP contribution in [0.3, 0.4) is 0 Å². The van der Waals surface area contributed by atoms with Crippen molar-refractivity contribution in [2.75, 3.05) is 20.7 Å². The van der Waals surface area contributed by atoms with Crippen LogP contribution >= 0.6 is 0 Å². The lowest BCUT2D eigenvalue weighted by molar-refractivity contribution is -0.141. The summed E-state index contributed by atoms with van der Waals surface area (Å²) in [5.74, 6) is -0.501. The number of likely N-dealkylation sites (N-methyl/N-ethyl adjacent to an activating group) is 1. The zero-order valence-electron chi connectivity index (χ0n) is 8.33. The Bertz CT molecular complexity index is 236. The molecule has 0 aliphatic heterocycles. The predicted molar refractivity (Wildman–Crippen MR) is 48.4 cm³/mol. The van der Waals surface area contributed by atoms with Crippen molar-refractivity contribution in [3.8, 4) is 0 Å². The van der Waals surface area contributed by atoms with Crippen LogP contribution in [0, 0.1) is 0 Å². The standard InChI is InChI=1S/C8H14N2O3/c1-6(7(2)11)9-10(3)5-8(12)13-4/h5H2,1-4H3. The van der Waals surface area contributed by atoms with Crippen molar-refractivity contribution in [3.63, 3.8) is 0 Å². The van der Waals surface area contributed by atoms with Crippen LogP contribution in [-0.2, 0) is 14.3 Å². The van der Waals surface area contributed by atoms with E-state index in [-0.39, 0.29) is 18.3 Å². The maximum Gasteiger partial charge on any atom is 0.327 e. The number of hydrazone groups is 1. The molecule has 0 aromatic carbocycles. The van der Waals surface area contributed by atoms with Crippen LogP contribution < -0.4 is 0 Å². The van der Waals surface area contributed by atoms with Gasteiger partial charge in [0.25, 0.3) is 0 Å². The van der Waals surface area contributed by atoms with Gasteiger partial charge in [0, 0.05) is 14.0 Å². The number of nitrogens with zero attached hydrogens (tertiary/aromatic N) is 2. The molecule has 0 radical (unpaired) electrons. The summed E-state index contributed by atoms with van der Waals surface area (Å²) in [6, 6.07) is 0. The first-order valence-corrected chi connectivity index (χ1v) is 3.81. The first-order chi connectivity index (χ1) is 5.97. The molecule has 0 heterocycles. The van der Waals surface area contributed by atoms with Gasteiger partial charge >= 0.3 is 5.97 Å². The molecule has 74 valence electrons. The SMILES string of the molecule is COC(=O)CN(C)N=C(C)C(C)=O. The Hall–Kier alpha value is -1.39. The van der Waals surface area contributed by atoms with E-state index in [9.17, 15) is 9.59 Å². The van der Waals surface area contributed by atoms with E-state index in [1.54, 1.807) is 14.0 Å². The van der Waals surface area contributed by atoms with Crippen molar-refractivity contribution < 1.29 is 14.3 Å². The zero-order chi connectivity index (χ0) is 10.4. The summed E-state index contributed by atoms with van der Waals surface area (Å²) in [6.07, 6.45) is 0. The number of ketones is 1. The third kappa shape index (κ3) is 4.95. The number of ether oxygens (including phenoxy) is 1. The second-order valence-electron chi connectivity index (χ2n) is 2.63. The number of methoxy groups -OCH3 is 1. The molecule has 0 fully saturated rings. The lowest BCUT2D eigenvalue weighted by Crippen LogP contribution is -2.24. The minimum atomic E-state index is -0.386. The van der Waals surface area contributed by atoms with Crippen LogP contribution in [0.5, 0.6) is 0 Å². The highest BCUT2D eigenvalue weighted by Gasteiger charge is 2.05. The number of hydrogen-bond donors (Lipinski definition) is 0. The monoisotopic (exact) mass is 186 g/mol. The molecule has 0 spiro atoms. The number of rotatable bonds is 4. The van der Waals surface area contributed by atoms with Gasteiger partial charge in [0.1, 0.15) is 6.54 Å². The second kappa shape index (κ2) is 5.29. The lowest BCUT2D eigenvalue weighted by Gasteiger charge is -2.11. The van der Waals surface area contributed by atoms with Crippen molar-refractivity contribution >= 4 is 17.5 Å². The third-order valence-corrected chi connectivity index (χ3v) is 1.42. The topological polar surface area (TPSA) is 59.0 Å². The van der Waals surface area contributed by atoms with E-state index < -0.39 is 0 Å². The van der Waals surface area contributed by atoms with Gasteiger partial charge in [-0.3, -0.25) is 14.6 Å². The molecule has 5 heteroatoms. The van der Waals surface area contributed by atoms with Crippen LogP contribution in [0.1, 0.15) is 13.8 Å². The predicted octanol–water partition coefficient (Wildman–Crippen LogP) is 0.0561. The average molecular weight is 186 g/mol. The van der Waals surface area contributed by atoms with Crippen molar-refractivity contribution in [3.05, 3.63) is 0 Å². The van der Waals surface area contributed by atoms with Gasteiger partial charge in [0.2, 0.25) is 0 Å². The normalized spacial score (nSPS) is 10.9. The Morgan fingerprint density at radius 3 is 2.31 bits per heavy atom. The van der Waals surface area contributed by atoms with E-state index in [4.69, 9.17) is 0 Å². The van der Waals surface area contributed by atoms with Gasteiger partial charge in [-0.05, 0) is 6.92 Å². The van der Waals surface area contributed by atoms with Crippen molar-refractivity contribution in [2.45, 2.75) is 13.8 Å². The molecule has 0 amide bonds. The molecule has 0 N–H and O–H groups in total. The number of carbonyl (C=O) groups excluding carboxylic acids is 2. The van der Waals surface area contributed by atoms with Gasteiger partial charge in [-0.25, -0.2) is 0 Å². The number of carbonyl (C=O) groups is 2. The van der Waals surface area contributed by atoms with Gasteiger partial charge in [-0.2, -0.15) is 5.10 Å². The highest BCUT2D eigenvalue weighted by Crippen LogP contribution is 1.88. The van der Waals surface area contributed by atoms with Crippen LogP contribution in [-0.4, -0.2) is 43.2 Å². The lowest BCUT2D eigenvalue weighted by atomic mass is 10.3. The number of Topliss-reactive ketones (excluding diaryl/α,β-unsaturated/α-hetero) is 1. The molecule has 0 aromatic heterocycles. The first kappa shape index (κ1) is 11.6. The molecule has 0 rings (SSSR count). The van der Waals surface area contributed by atoms with E-state index in [1.807, 2.05) is 0 Å². The van der Waals surface area contributed by atoms with Crippen molar-refractivity contribution in [1.29, 1.82) is 0 Å². The summed E-state index contributed by atoms with van der Waals surface area (Å²) in [5, 5.41) is 5.23. The van der Waals surface area contributed by atoms with Crippen molar-refractivity contribution in [1.82, 2.24) is 5.01 Å². The maximum absolute atomic E-state index is 10.8. The Morgan fingerprint density at radius 1 is 1.38 bits per heavy atom. The Kier molecular flexibility index (Phi) is 4.72. The average Bonchev–Trinajstić information content (AvgIpc) is 2.03. The summed E-state index contributed by atoms with van der Waals surface area (Å²) >= 11 is 0. The minimum Gasteiger partial charge on any atom is -0.468 e. The smallest absolute Gasteiger partial charge is 0.327 e. The zero-order valence-corrected chi connectivity index (χ0v) is 8.33. The van der Waals surface area contributed by atoms with Crippen molar-refractivity contribution in [2.24, 2.45) is 5.10 Å². The van der Waals surface area contributed by atoms with Crippen LogP contribution in [0.25, 0.3) is 0 Å². The summed E-state index contributed by atoms with van der Waals surface area (Å²) in [5.41, 5.74) is 0.367. The van der Waals surface area contributed by atoms with Gasteiger partial charge in [-0.15, -0.1) is 0 Å². The highest BCUT2D eigenvalue weighted by molar-refractivity contribution is 6.37. The molecule has 0 bridgehead atoms. The molecule has 0 atom stereocenters. The minimum absolute atomic E-state index is 0.0428. The molecular weight excluding hydrogens is 172 g/mol. The van der Waals surface area contributed by atoms with Crippen LogP contribution in [0.4, 0.5) is 0 Å². The summed E-state index contributed by atoms with van der Waals surface area (Å²) in [7, 11) is 2.90. The van der Waals surface area contributed by atoms with Gasteiger partial charge < -0.3 is 4.74 Å². The molecule has 0 saturated carbocycles. The molecular formula is C8H14N2O3. The Morgan fingerprint density at radius 2 is 1.92 bits per heavy atom. The molecule has 13 heavy (non-hydrogen) atoms. The van der Waals surface area contributed by atoms with E-state index in [0.717, 1.165) is 0 Å². The van der Waals surface area contributed by atoms with Gasteiger partial charge in [0.15, 0.2) is 5.78 Å². The fourth-order valence-electron chi connectivity index (χ4n) is 0.613. The second-order valence-corrected chi connectivity index (χ2v) is 2.63. The molecule has 0 aliphatic rings. The first-order valence-electron chi connectivity index (χ1n) is 3.81. The van der Waals surface area contributed by atoms with E-state index in [1.165, 1.54) is 19.0 Å². The van der Waals surface area contributed by atoms with Gasteiger partial charge in [-0.1, -0.05) is 0 Å². The summed E-state index contributed by atoms with van der Waals surface area (Å²) in [6.45, 7) is 3.06. The maximum atomic E-state index is 10.8.